The second-order valence-corrected chi connectivity index (χ2v) is 4.20. The quantitative estimate of drug-likeness (QED) is 0.578. The van der Waals surface area contributed by atoms with Crippen LogP contribution in [0, 0.1) is 5.92 Å². The van der Waals surface area contributed by atoms with E-state index >= 15 is 0 Å². The number of esters is 1. The molecule has 3 nitrogen and oxygen atoms in total. The van der Waals surface area contributed by atoms with Crippen LogP contribution in [0.25, 0.3) is 0 Å². The van der Waals surface area contributed by atoms with E-state index in [4.69, 9.17) is 4.74 Å². The normalized spacial score (nSPS) is 12.6. The maximum atomic E-state index is 11.4. The van der Waals surface area contributed by atoms with Crippen LogP contribution in [0.15, 0.2) is 24.5 Å². The van der Waals surface area contributed by atoms with Gasteiger partial charge < -0.3 is 4.74 Å². The third-order valence-corrected chi connectivity index (χ3v) is 2.47. The maximum absolute atomic E-state index is 11.4. The van der Waals surface area contributed by atoms with Crippen LogP contribution in [-0.4, -0.2) is 5.97 Å². The SMILES string of the molecule is CCc1ccc[n+](C(C)OC(=O)C(C)C)c1. The molecule has 0 aromatic carbocycles. The fourth-order valence-electron chi connectivity index (χ4n) is 1.34. The van der Waals surface area contributed by atoms with E-state index in [2.05, 4.69) is 13.0 Å². The van der Waals surface area contributed by atoms with Gasteiger partial charge in [0.05, 0.1) is 5.92 Å². The number of aryl methyl sites for hydroxylation is 1. The molecule has 16 heavy (non-hydrogen) atoms. The Morgan fingerprint density at radius 2 is 2.12 bits per heavy atom. The third-order valence-electron chi connectivity index (χ3n) is 2.47. The van der Waals surface area contributed by atoms with Gasteiger partial charge in [0, 0.05) is 18.6 Å². The fraction of sp³-hybridized carbons (Fsp3) is 0.538. The molecular weight excluding hydrogens is 202 g/mol. The van der Waals surface area contributed by atoms with E-state index in [-0.39, 0.29) is 18.1 Å². The van der Waals surface area contributed by atoms with E-state index in [1.165, 1.54) is 5.56 Å². The van der Waals surface area contributed by atoms with Gasteiger partial charge in [0.25, 0.3) is 0 Å². The number of carbonyl (C=O) groups excluding carboxylic acids is 1. The van der Waals surface area contributed by atoms with Gasteiger partial charge in [-0.2, -0.15) is 4.57 Å². The number of hydrogen-bond acceptors (Lipinski definition) is 2. The van der Waals surface area contributed by atoms with Crippen molar-refractivity contribution in [2.45, 2.75) is 40.3 Å². The van der Waals surface area contributed by atoms with Crippen molar-refractivity contribution in [3.63, 3.8) is 0 Å². The number of nitrogens with zero attached hydrogens (tertiary/aromatic N) is 1. The van der Waals surface area contributed by atoms with Crippen molar-refractivity contribution >= 4 is 5.97 Å². The Kier molecular flexibility index (Phi) is 4.47. The molecule has 0 aliphatic heterocycles. The summed E-state index contributed by atoms with van der Waals surface area (Å²) in [6.07, 6.45) is 4.66. The van der Waals surface area contributed by atoms with E-state index < -0.39 is 0 Å². The number of hydrogen-bond donors (Lipinski definition) is 0. The molecule has 0 aliphatic rings. The summed E-state index contributed by atoms with van der Waals surface area (Å²) in [7, 11) is 0. The lowest BCUT2D eigenvalue weighted by molar-refractivity contribution is -0.753. The molecule has 1 aromatic rings. The lowest BCUT2D eigenvalue weighted by atomic mass is 10.2. The van der Waals surface area contributed by atoms with Gasteiger partial charge in [-0.1, -0.05) is 20.8 Å². The van der Waals surface area contributed by atoms with Crippen molar-refractivity contribution in [2.24, 2.45) is 5.92 Å². The summed E-state index contributed by atoms with van der Waals surface area (Å²) < 4.78 is 7.24. The van der Waals surface area contributed by atoms with Gasteiger partial charge in [-0.05, 0) is 12.5 Å². The Bertz CT molecular complexity index is 361. The zero-order chi connectivity index (χ0) is 12.1. The van der Waals surface area contributed by atoms with E-state index in [1.807, 2.05) is 43.8 Å². The second kappa shape index (κ2) is 5.64. The number of ether oxygens (including phenoxy) is 1. The Labute approximate surface area is 97.1 Å². The van der Waals surface area contributed by atoms with Gasteiger partial charge in [0.15, 0.2) is 12.4 Å². The highest BCUT2D eigenvalue weighted by Crippen LogP contribution is 2.05. The van der Waals surface area contributed by atoms with Crippen molar-refractivity contribution in [2.75, 3.05) is 0 Å². The van der Waals surface area contributed by atoms with E-state index in [0.29, 0.717) is 0 Å². The number of pyridine rings is 1. The Morgan fingerprint density at radius 1 is 1.44 bits per heavy atom. The molecule has 0 aliphatic carbocycles. The topological polar surface area (TPSA) is 30.2 Å². The number of rotatable bonds is 4. The molecule has 1 rings (SSSR count). The summed E-state index contributed by atoms with van der Waals surface area (Å²) in [4.78, 5) is 11.4. The summed E-state index contributed by atoms with van der Waals surface area (Å²) in [5, 5.41) is 0. The first-order valence-electron chi connectivity index (χ1n) is 5.74. The maximum Gasteiger partial charge on any atom is 0.313 e. The number of aromatic nitrogens is 1. The monoisotopic (exact) mass is 222 g/mol. The highest BCUT2D eigenvalue weighted by Gasteiger charge is 2.19. The molecule has 0 radical (unpaired) electrons. The smallest absolute Gasteiger partial charge is 0.313 e. The summed E-state index contributed by atoms with van der Waals surface area (Å²) in [5.41, 5.74) is 1.23. The molecule has 0 amide bonds. The fourth-order valence-corrected chi connectivity index (χ4v) is 1.34. The summed E-state index contributed by atoms with van der Waals surface area (Å²) >= 11 is 0. The molecule has 0 fully saturated rings. The predicted octanol–water partition coefficient (Wildman–Crippen LogP) is 2.25. The lowest BCUT2D eigenvalue weighted by Crippen LogP contribution is -2.40. The molecule has 0 saturated heterocycles. The highest BCUT2D eigenvalue weighted by atomic mass is 16.6. The zero-order valence-electron chi connectivity index (χ0n) is 10.4. The van der Waals surface area contributed by atoms with Crippen LogP contribution in [0.1, 0.15) is 39.5 Å². The lowest BCUT2D eigenvalue weighted by Gasteiger charge is -2.11. The molecular formula is C13H20NO2+. The van der Waals surface area contributed by atoms with Crippen LogP contribution >= 0.6 is 0 Å². The first-order valence-corrected chi connectivity index (χ1v) is 5.74. The van der Waals surface area contributed by atoms with Crippen molar-refractivity contribution < 1.29 is 14.1 Å². The minimum absolute atomic E-state index is 0.0857. The molecule has 0 N–H and O–H groups in total. The van der Waals surface area contributed by atoms with Crippen molar-refractivity contribution in [1.29, 1.82) is 0 Å². The van der Waals surface area contributed by atoms with Crippen molar-refractivity contribution in [1.82, 2.24) is 0 Å². The Morgan fingerprint density at radius 3 is 2.69 bits per heavy atom. The van der Waals surface area contributed by atoms with E-state index in [0.717, 1.165) is 6.42 Å². The molecule has 1 unspecified atom stereocenters. The average molecular weight is 222 g/mol. The standard InChI is InChI=1S/C13H20NO2/c1-5-12-7-6-8-14(9-12)11(4)16-13(15)10(2)3/h6-11H,5H2,1-4H3/q+1. The van der Waals surface area contributed by atoms with Gasteiger partial charge in [-0.3, -0.25) is 4.79 Å². The summed E-state index contributed by atoms with van der Waals surface area (Å²) in [6, 6.07) is 4.03. The highest BCUT2D eigenvalue weighted by molar-refractivity contribution is 5.71. The van der Waals surface area contributed by atoms with Gasteiger partial charge in [0.2, 0.25) is 0 Å². The number of carbonyl (C=O) groups is 1. The summed E-state index contributed by atoms with van der Waals surface area (Å²) in [5.74, 6) is -0.251. The molecule has 1 aromatic heterocycles. The Hall–Kier alpha value is -1.38. The molecule has 0 bridgehead atoms. The minimum Gasteiger partial charge on any atom is -0.402 e. The van der Waals surface area contributed by atoms with Crippen LogP contribution in [0.2, 0.25) is 0 Å². The van der Waals surface area contributed by atoms with Gasteiger partial charge in [0.1, 0.15) is 0 Å². The summed E-state index contributed by atoms with van der Waals surface area (Å²) in [6.45, 7) is 7.65. The van der Waals surface area contributed by atoms with Crippen LogP contribution < -0.4 is 4.57 Å². The van der Waals surface area contributed by atoms with Crippen molar-refractivity contribution in [3.8, 4) is 0 Å². The minimum atomic E-state index is -0.249. The van der Waals surface area contributed by atoms with Gasteiger partial charge in [-0.25, -0.2) is 0 Å². The van der Waals surface area contributed by atoms with Crippen LogP contribution in [0.5, 0.6) is 0 Å². The second-order valence-electron chi connectivity index (χ2n) is 4.20. The van der Waals surface area contributed by atoms with Gasteiger partial charge >= 0.3 is 12.2 Å². The van der Waals surface area contributed by atoms with Gasteiger partial charge in [-0.15, -0.1) is 0 Å². The molecule has 0 spiro atoms. The molecule has 3 heteroatoms. The van der Waals surface area contributed by atoms with E-state index in [9.17, 15) is 4.79 Å². The van der Waals surface area contributed by atoms with E-state index in [1.54, 1.807) is 0 Å². The largest absolute Gasteiger partial charge is 0.402 e. The third kappa shape index (κ3) is 3.33. The van der Waals surface area contributed by atoms with Crippen LogP contribution in [0.3, 0.4) is 0 Å². The zero-order valence-corrected chi connectivity index (χ0v) is 10.4. The average Bonchev–Trinajstić information content (AvgIpc) is 2.28. The van der Waals surface area contributed by atoms with Crippen molar-refractivity contribution in [3.05, 3.63) is 30.1 Å². The van der Waals surface area contributed by atoms with Crippen LogP contribution in [0.4, 0.5) is 0 Å². The predicted molar refractivity (Wildman–Crippen MR) is 61.7 cm³/mol. The first-order chi connectivity index (χ1) is 7.54. The first kappa shape index (κ1) is 12.7. The molecule has 0 saturated carbocycles. The molecule has 1 atom stereocenters. The molecule has 1 heterocycles. The molecule has 88 valence electrons. The van der Waals surface area contributed by atoms with Crippen LogP contribution in [-0.2, 0) is 16.0 Å². The Balaban J connectivity index is 2.72.